The van der Waals surface area contributed by atoms with Gasteiger partial charge in [-0.05, 0) is 23.3 Å². The normalized spacial score (nSPS) is 50.1. The zero-order valence-corrected chi connectivity index (χ0v) is 5.32. The smallest absolute Gasteiger partial charge is 0.0662 e. The molecule has 8 heavy (non-hydrogen) atoms. The van der Waals surface area contributed by atoms with Gasteiger partial charge in [0.15, 0.2) is 0 Å². The summed E-state index contributed by atoms with van der Waals surface area (Å²) in [4.78, 5) is 0. The third kappa shape index (κ3) is 0.430. The first kappa shape index (κ1) is 4.69. The van der Waals surface area contributed by atoms with Crippen LogP contribution in [0.4, 0.5) is 0 Å². The average Bonchev–Trinajstić information content (AvgIpc) is 2.22. The Morgan fingerprint density at radius 3 is 2.38 bits per heavy atom. The van der Waals surface area contributed by atoms with E-state index in [0.29, 0.717) is 5.92 Å². The first-order valence-corrected chi connectivity index (χ1v) is 4.06. The monoisotopic (exact) mass is 125 g/mol. The summed E-state index contributed by atoms with van der Waals surface area (Å²) in [7, 11) is 0. The summed E-state index contributed by atoms with van der Waals surface area (Å²) < 4.78 is 0. The second-order valence-corrected chi connectivity index (χ2v) is 3.59. The van der Waals surface area contributed by atoms with E-state index in [1.165, 1.54) is 11.5 Å². The Bertz CT molecular complexity index is 139. The first-order chi connectivity index (χ1) is 3.93. The van der Waals surface area contributed by atoms with Crippen molar-refractivity contribution in [3.05, 3.63) is 0 Å². The van der Waals surface area contributed by atoms with Crippen LogP contribution < -0.4 is 0 Å². The Kier molecular flexibility index (Phi) is 0.830. The van der Waals surface area contributed by atoms with Crippen molar-refractivity contribution in [2.24, 2.45) is 17.8 Å². The van der Waals surface area contributed by atoms with E-state index in [2.05, 4.69) is 6.07 Å². The summed E-state index contributed by atoms with van der Waals surface area (Å²) >= 11 is 2.00. The molecule has 0 aromatic rings. The van der Waals surface area contributed by atoms with Gasteiger partial charge in [-0.25, -0.2) is 0 Å². The molecule has 0 aromatic carbocycles. The Hall–Kier alpha value is -0.160. The molecule has 1 nitrogen and oxygen atoms in total. The zero-order valence-electron chi connectivity index (χ0n) is 4.50. The standard InChI is InChI=1S/C6H7NS/c7-1-4-5-2-8-3-6(4)5/h4-6H,2-3H2/t4?,5-,6+. The molecule has 0 N–H and O–H groups in total. The molecule has 2 heteroatoms. The van der Waals surface area contributed by atoms with E-state index in [4.69, 9.17) is 5.26 Å². The third-order valence-electron chi connectivity index (χ3n) is 2.10. The molecule has 1 aliphatic heterocycles. The molecule has 1 heterocycles. The van der Waals surface area contributed by atoms with Gasteiger partial charge in [-0.15, -0.1) is 0 Å². The number of hydrogen-bond acceptors (Lipinski definition) is 2. The maximum Gasteiger partial charge on any atom is 0.0662 e. The Labute approximate surface area is 53.1 Å². The topological polar surface area (TPSA) is 23.8 Å². The molecule has 1 unspecified atom stereocenters. The fourth-order valence-corrected chi connectivity index (χ4v) is 3.02. The van der Waals surface area contributed by atoms with Gasteiger partial charge in [-0.1, -0.05) is 0 Å². The molecule has 1 aliphatic carbocycles. The molecule has 2 rings (SSSR count). The first-order valence-electron chi connectivity index (χ1n) is 2.91. The van der Waals surface area contributed by atoms with Crippen molar-refractivity contribution in [2.45, 2.75) is 0 Å². The molecule has 2 fully saturated rings. The van der Waals surface area contributed by atoms with Crippen molar-refractivity contribution >= 4 is 11.8 Å². The van der Waals surface area contributed by atoms with Crippen LogP contribution in [0.3, 0.4) is 0 Å². The van der Waals surface area contributed by atoms with Crippen molar-refractivity contribution in [1.29, 1.82) is 5.26 Å². The summed E-state index contributed by atoms with van der Waals surface area (Å²) in [6.45, 7) is 0. The van der Waals surface area contributed by atoms with Gasteiger partial charge in [0, 0.05) is 0 Å². The fraction of sp³-hybridized carbons (Fsp3) is 0.833. The minimum atomic E-state index is 0.455. The van der Waals surface area contributed by atoms with E-state index in [1.54, 1.807) is 0 Å². The number of thioether (sulfide) groups is 1. The van der Waals surface area contributed by atoms with E-state index >= 15 is 0 Å². The number of nitriles is 1. The van der Waals surface area contributed by atoms with Crippen LogP contribution >= 0.6 is 11.8 Å². The molecule has 1 saturated carbocycles. The number of rotatable bonds is 0. The lowest BCUT2D eigenvalue weighted by molar-refractivity contribution is 0.895. The van der Waals surface area contributed by atoms with E-state index in [-0.39, 0.29) is 0 Å². The quantitative estimate of drug-likeness (QED) is 0.484. The Morgan fingerprint density at radius 1 is 1.38 bits per heavy atom. The highest BCUT2D eigenvalue weighted by Gasteiger charge is 2.53. The van der Waals surface area contributed by atoms with Crippen molar-refractivity contribution in [1.82, 2.24) is 0 Å². The van der Waals surface area contributed by atoms with Gasteiger partial charge < -0.3 is 0 Å². The molecule has 0 aromatic heterocycles. The van der Waals surface area contributed by atoms with E-state index in [0.717, 1.165) is 11.8 Å². The van der Waals surface area contributed by atoms with Gasteiger partial charge in [0.1, 0.15) is 0 Å². The van der Waals surface area contributed by atoms with Crippen molar-refractivity contribution in [2.75, 3.05) is 11.5 Å². The summed E-state index contributed by atoms with van der Waals surface area (Å²) in [5.74, 6) is 4.55. The van der Waals surface area contributed by atoms with Gasteiger partial charge in [0.2, 0.25) is 0 Å². The van der Waals surface area contributed by atoms with Crippen LogP contribution in [0.15, 0.2) is 0 Å². The van der Waals surface area contributed by atoms with Gasteiger partial charge in [0.25, 0.3) is 0 Å². The fourth-order valence-electron chi connectivity index (χ4n) is 1.43. The summed E-state index contributed by atoms with van der Waals surface area (Å²) in [5.41, 5.74) is 0. The second kappa shape index (κ2) is 1.41. The molecule has 0 amide bonds. The van der Waals surface area contributed by atoms with Crippen LogP contribution in [0.2, 0.25) is 0 Å². The Morgan fingerprint density at radius 2 is 2.00 bits per heavy atom. The molecule has 2 aliphatic rings. The lowest BCUT2D eigenvalue weighted by atomic mass is 10.4. The lowest BCUT2D eigenvalue weighted by Gasteiger charge is -1.88. The van der Waals surface area contributed by atoms with Crippen molar-refractivity contribution in [3.63, 3.8) is 0 Å². The highest BCUT2D eigenvalue weighted by atomic mass is 32.2. The maximum absolute atomic E-state index is 8.45. The summed E-state index contributed by atoms with van der Waals surface area (Å²) in [6, 6.07) is 2.33. The molecule has 0 radical (unpaired) electrons. The van der Waals surface area contributed by atoms with Gasteiger partial charge in [0.05, 0.1) is 12.0 Å². The van der Waals surface area contributed by atoms with Crippen LogP contribution in [0, 0.1) is 29.1 Å². The molecule has 3 atom stereocenters. The minimum Gasteiger partial charge on any atom is -0.198 e. The number of fused-ring (bicyclic) bond motifs is 1. The second-order valence-electron chi connectivity index (χ2n) is 2.52. The number of hydrogen-bond donors (Lipinski definition) is 0. The van der Waals surface area contributed by atoms with Crippen LogP contribution in [-0.4, -0.2) is 11.5 Å². The van der Waals surface area contributed by atoms with E-state index in [9.17, 15) is 0 Å². The lowest BCUT2D eigenvalue weighted by Crippen LogP contribution is -1.83. The SMILES string of the molecule is N#CC1[C@H]2CSC[C@@H]12. The molecule has 0 spiro atoms. The molecular formula is C6H7NS. The van der Waals surface area contributed by atoms with Gasteiger partial charge >= 0.3 is 0 Å². The molecular weight excluding hydrogens is 118 g/mol. The maximum atomic E-state index is 8.45. The van der Waals surface area contributed by atoms with Crippen LogP contribution in [-0.2, 0) is 0 Å². The zero-order chi connectivity index (χ0) is 5.56. The largest absolute Gasteiger partial charge is 0.198 e. The predicted octanol–water partition coefficient (Wildman–Crippen LogP) is 1.12. The van der Waals surface area contributed by atoms with E-state index in [1.807, 2.05) is 11.8 Å². The molecule has 0 bridgehead atoms. The summed E-state index contributed by atoms with van der Waals surface area (Å²) in [5, 5.41) is 8.45. The predicted molar refractivity (Wildman–Crippen MR) is 33.4 cm³/mol. The van der Waals surface area contributed by atoms with Crippen LogP contribution in [0.25, 0.3) is 0 Å². The average molecular weight is 125 g/mol. The van der Waals surface area contributed by atoms with Crippen molar-refractivity contribution < 1.29 is 0 Å². The highest BCUT2D eigenvalue weighted by molar-refractivity contribution is 7.99. The third-order valence-corrected chi connectivity index (χ3v) is 3.34. The highest BCUT2D eigenvalue weighted by Crippen LogP contribution is 2.54. The summed E-state index contributed by atoms with van der Waals surface area (Å²) in [6.07, 6.45) is 0. The van der Waals surface area contributed by atoms with Crippen LogP contribution in [0.5, 0.6) is 0 Å². The molecule has 1 saturated heterocycles. The minimum absolute atomic E-state index is 0.455. The van der Waals surface area contributed by atoms with Crippen molar-refractivity contribution in [3.8, 4) is 6.07 Å². The molecule has 42 valence electrons. The Balaban J connectivity index is 2.06. The van der Waals surface area contributed by atoms with Crippen LogP contribution in [0.1, 0.15) is 0 Å². The van der Waals surface area contributed by atoms with E-state index < -0.39 is 0 Å². The van der Waals surface area contributed by atoms with Gasteiger partial charge in [-0.2, -0.15) is 17.0 Å². The number of nitrogens with zero attached hydrogens (tertiary/aromatic N) is 1. The van der Waals surface area contributed by atoms with Gasteiger partial charge in [-0.3, -0.25) is 0 Å².